The third-order valence-electron chi connectivity index (χ3n) is 2.52. The molecule has 2 N–H and O–H groups in total. The van der Waals surface area contributed by atoms with Crippen LogP contribution in [0.5, 0.6) is 0 Å². The van der Waals surface area contributed by atoms with Gasteiger partial charge in [0.25, 0.3) is 0 Å². The molecule has 17 heavy (non-hydrogen) atoms. The minimum absolute atomic E-state index is 0.732. The van der Waals surface area contributed by atoms with E-state index in [2.05, 4.69) is 9.88 Å². The van der Waals surface area contributed by atoms with E-state index in [1.54, 1.807) is 0 Å². The normalized spacial score (nSPS) is 10.8. The van der Waals surface area contributed by atoms with Crippen LogP contribution in [0.15, 0.2) is 42.6 Å². The number of nitrogens with two attached hydrogens (primary N) is 1. The van der Waals surface area contributed by atoms with E-state index in [0.717, 1.165) is 29.1 Å². The second kappa shape index (κ2) is 4.97. The molecule has 0 saturated carbocycles. The van der Waals surface area contributed by atoms with Crippen molar-refractivity contribution >= 4 is 5.69 Å². The Morgan fingerprint density at radius 1 is 1.18 bits per heavy atom. The Hall–Kier alpha value is -1.87. The number of nitrogen functional groups attached to an aromatic ring is 1. The molecule has 88 valence electrons. The molecule has 2 rings (SSSR count). The number of benzene rings is 1. The van der Waals surface area contributed by atoms with Gasteiger partial charge in [-0.3, -0.25) is 4.98 Å². The van der Waals surface area contributed by atoms with Crippen molar-refractivity contribution in [3.05, 3.63) is 48.2 Å². The highest BCUT2D eigenvalue weighted by Crippen LogP contribution is 2.23. The van der Waals surface area contributed by atoms with Gasteiger partial charge in [0.2, 0.25) is 0 Å². The number of rotatable bonds is 3. The molecule has 0 aliphatic rings. The van der Waals surface area contributed by atoms with Gasteiger partial charge in [0.05, 0.1) is 11.4 Å². The zero-order chi connectivity index (χ0) is 12.3. The van der Waals surface area contributed by atoms with Crippen LogP contribution in [0, 0.1) is 0 Å². The largest absolute Gasteiger partial charge is 0.397 e. The molecule has 0 amide bonds. The molecule has 0 unspecified atom stereocenters. The van der Waals surface area contributed by atoms with Gasteiger partial charge in [-0.25, -0.2) is 0 Å². The van der Waals surface area contributed by atoms with Crippen LogP contribution in [0.25, 0.3) is 11.3 Å². The molecular formula is C14H17N3. The van der Waals surface area contributed by atoms with Crippen molar-refractivity contribution in [3.63, 3.8) is 0 Å². The first kappa shape index (κ1) is 11.6. The summed E-state index contributed by atoms with van der Waals surface area (Å²) in [6, 6.07) is 12.0. The Labute approximate surface area is 102 Å². The monoisotopic (exact) mass is 227 g/mol. The smallest absolute Gasteiger partial charge is 0.0931 e. The Bertz CT molecular complexity index is 492. The summed E-state index contributed by atoms with van der Waals surface area (Å²) in [5.74, 6) is 0. The van der Waals surface area contributed by atoms with Crippen LogP contribution in [0.2, 0.25) is 0 Å². The summed E-state index contributed by atoms with van der Waals surface area (Å²) in [4.78, 5) is 6.55. The molecule has 0 aliphatic carbocycles. The van der Waals surface area contributed by atoms with Crippen LogP contribution in [0.4, 0.5) is 5.69 Å². The molecule has 1 heterocycles. The molecule has 3 nitrogen and oxygen atoms in total. The van der Waals surface area contributed by atoms with Crippen LogP contribution < -0.4 is 5.73 Å². The van der Waals surface area contributed by atoms with Gasteiger partial charge in [-0.15, -0.1) is 0 Å². The van der Waals surface area contributed by atoms with Gasteiger partial charge in [-0.2, -0.15) is 0 Å². The molecule has 0 aliphatic heterocycles. The van der Waals surface area contributed by atoms with Gasteiger partial charge < -0.3 is 10.6 Å². The summed E-state index contributed by atoms with van der Waals surface area (Å²) in [5.41, 5.74) is 9.82. The van der Waals surface area contributed by atoms with Crippen molar-refractivity contribution in [1.82, 2.24) is 9.88 Å². The molecule has 0 atom stereocenters. The van der Waals surface area contributed by atoms with Gasteiger partial charge in [0, 0.05) is 18.3 Å². The van der Waals surface area contributed by atoms with Crippen LogP contribution >= 0.6 is 0 Å². The summed E-state index contributed by atoms with van der Waals surface area (Å²) in [6.45, 7) is 0.853. The predicted molar refractivity (Wildman–Crippen MR) is 71.5 cm³/mol. The van der Waals surface area contributed by atoms with Gasteiger partial charge in [0.1, 0.15) is 0 Å². The number of pyridine rings is 1. The molecular weight excluding hydrogens is 210 g/mol. The van der Waals surface area contributed by atoms with Gasteiger partial charge in [0.15, 0.2) is 0 Å². The number of aromatic nitrogens is 1. The molecule has 0 bridgehead atoms. The van der Waals surface area contributed by atoms with Gasteiger partial charge in [-0.1, -0.05) is 30.3 Å². The lowest BCUT2D eigenvalue weighted by Crippen LogP contribution is -2.11. The highest BCUT2D eigenvalue weighted by atomic mass is 15.0. The lowest BCUT2D eigenvalue weighted by Gasteiger charge is -2.11. The van der Waals surface area contributed by atoms with Crippen molar-refractivity contribution in [2.75, 3.05) is 19.8 Å². The van der Waals surface area contributed by atoms with E-state index in [1.807, 2.05) is 56.7 Å². The second-order valence-electron chi connectivity index (χ2n) is 4.39. The average Bonchev–Trinajstić information content (AvgIpc) is 2.29. The first-order chi connectivity index (χ1) is 8.16. The van der Waals surface area contributed by atoms with Gasteiger partial charge >= 0.3 is 0 Å². The van der Waals surface area contributed by atoms with Gasteiger partial charge in [-0.05, 0) is 25.7 Å². The maximum atomic E-state index is 6.05. The highest BCUT2D eigenvalue weighted by molar-refractivity contribution is 5.72. The van der Waals surface area contributed by atoms with E-state index in [0.29, 0.717) is 0 Å². The number of hydrogen-bond acceptors (Lipinski definition) is 3. The van der Waals surface area contributed by atoms with Crippen molar-refractivity contribution in [2.24, 2.45) is 0 Å². The van der Waals surface area contributed by atoms with Crippen molar-refractivity contribution in [1.29, 1.82) is 0 Å². The Kier molecular flexibility index (Phi) is 3.40. The quantitative estimate of drug-likeness (QED) is 0.875. The third kappa shape index (κ3) is 2.82. The topological polar surface area (TPSA) is 42.2 Å². The first-order valence-electron chi connectivity index (χ1n) is 5.61. The van der Waals surface area contributed by atoms with Crippen molar-refractivity contribution < 1.29 is 0 Å². The number of nitrogens with zero attached hydrogens (tertiary/aromatic N) is 2. The summed E-state index contributed by atoms with van der Waals surface area (Å²) in [7, 11) is 4.06. The first-order valence-corrected chi connectivity index (χ1v) is 5.61. The summed E-state index contributed by atoms with van der Waals surface area (Å²) < 4.78 is 0. The van der Waals surface area contributed by atoms with E-state index in [4.69, 9.17) is 5.73 Å². The molecule has 0 radical (unpaired) electrons. The van der Waals surface area contributed by atoms with E-state index in [1.165, 1.54) is 0 Å². The minimum atomic E-state index is 0.732. The summed E-state index contributed by atoms with van der Waals surface area (Å²) >= 11 is 0. The van der Waals surface area contributed by atoms with E-state index >= 15 is 0 Å². The molecule has 0 saturated heterocycles. The molecule has 0 spiro atoms. The lowest BCUT2D eigenvalue weighted by atomic mass is 10.1. The van der Waals surface area contributed by atoms with Crippen molar-refractivity contribution in [3.8, 4) is 11.3 Å². The van der Waals surface area contributed by atoms with Crippen molar-refractivity contribution in [2.45, 2.75) is 6.54 Å². The number of hydrogen-bond donors (Lipinski definition) is 1. The SMILES string of the molecule is CN(C)Cc1cnc(-c2ccccc2)c(N)c1. The Balaban J connectivity index is 2.32. The zero-order valence-corrected chi connectivity index (χ0v) is 10.2. The zero-order valence-electron chi connectivity index (χ0n) is 10.2. The predicted octanol–water partition coefficient (Wildman–Crippen LogP) is 2.39. The van der Waals surface area contributed by atoms with Crippen LogP contribution in [0.3, 0.4) is 0 Å². The van der Waals surface area contributed by atoms with E-state index in [9.17, 15) is 0 Å². The second-order valence-corrected chi connectivity index (χ2v) is 4.39. The maximum absolute atomic E-state index is 6.05. The van der Waals surface area contributed by atoms with E-state index < -0.39 is 0 Å². The molecule has 2 aromatic rings. The maximum Gasteiger partial charge on any atom is 0.0931 e. The fraction of sp³-hybridized carbons (Fsp3) is 0.214. The minimum Gasteiger partial charge on any atom is -0.397 e. The van der Waals surface area contributed by atoms with Crippen LogP contribution in [0.1, 0.15) is 5.56 Å². The summed E-state index contributed by atoms with van der Waals surface area (Å²) in [6.07, 6.45) is 1.89. The van der Waals surface area contributed by atoms with Crippen LogP contribution in [-0.2, 0) is 6.54 Å². The molecule has 3 heteroatoms. The lowest BCUT2D eigenvalue weighted by molar-refractivity contribution is 0.402. The number of anilines is 1. The van der Waals surface area contributed by atoms with E-state index in [-0.39, 0.29) is 0 Å². The molecule has 1 aromatic heterocycles. The summed E-state index contributed by atoms with van der Waals surface area (Å²) in [5, 5.41) is 0. The standard InChI is InChI=1S/C14H17N3/c1-17(2)10-11-8-13(15)14(16-9-11)12-6-4-3-5-7-12/h3-9H,10,15H2,1-2H3. The van der Waals surface area contributed by atoms with Crippen LogP contribution in [-0.4, -0.2) is 24.0 Å². The molecule has 1 aromatic carbocycles. The Morgan fingerprint density at radius 3 is 2.47 bits per heavy atom. The fourth-order valence-corrected chi connectivity index (χ4v) is 1.82. The molecule has 0 fully saturated rings. The average molecular weight is 227 g/mol. The Morgan fingerprint density at radius 2 is 1.88 bits per heavy atom. The highest BCUT2D eigenvalue weighted by Gasteiger charge is 2.05. The fourth-order valence-electron chi connectivity index (χ4n) is 1.82. The third-order valence-corrected chi connectivity index (χ3v) is 2.52.